The first-order valence-corrected chi connectivity index (χ1v) is 9.89. The van der Waals surface area contributed by atoms with Crippen LogP contribution in [-0.2, 0) is 13.1 Å². The third kappa shape index (κ3) is 4.49. The van der Waals surface area contributed by atoms with Gasteiger partial charge in [-0.15, -0.1) is 0 Å². The van der Waals surface area contributed by atoms with E-state index in [2.05, 4.69) is 9.80 Å². The van der Waals surface area contributed by atoms with Crippen molar-refractivity contribution in [1.82, 2.24) is 14.8 Å². The SMILES string of the molecule is Cc1oc(-c2ccccc2)nc1CN1CCCN(Cc2ccccc2F)CC1. The summed E-state index contributed by atoms with van der Waals surface area (Å²) in [4.78, 5) is 9.49. The third-order valence-corrected chi connectivity index (χ3v) is 5.32. The zero-order valence-corrected chi connectivity index (χ0v) is 16.3. The van der Waals surface area contributed by atoms with Crippen molar-refractivity contribution >= 4 is 0 Å². The molecule has 1 saturated heterocycles. The highest BCUT2D eigenvalue weighted by atomic mass is 19.1. The summed E-state index contributed by atoms with van der Waals surface area (Å²) in [5, 5.41) is 0. The Bertz CT molecular complexity index is 909. The van der Waals surface area contributed by atoms with Gasteiger partial charge >= 0.3 is 0 Å². The number of oxazole rings is 1. The summed E-state index contributed by atoms with van der Waals surface area (Å²) >= 11 is 0. The second kappa shape index (κ2) is 8.67. The van der Waals surface area contributed by atoms with Gasteiger partial charge in [-0.3, -0.25) is 9.80 Å². The van der Waals surface area contributed by atoms with E-state index in [9.17, 15) is 4.39 Å². The fourth-order valence-corrected chi connectivity index (χ4v) is 3.70. The van der Waals surface area contributed by atoms with E-state index in [-0.39, 0.29) is 5.82 Å². The number of hydrogen-bond acceptors (Lipinski definition) is 4. The molecule has 0 N–H and O–H groups in total. The number of rotatable bonds is 5. The Morgan fingerprint density at radius 3 is 2.32 bits per heavy atom. The van der Waals surface area contributed by atoms with Crippen molar-refractivity contribution in [2.24, 2.45) is 0 Å². The number of aromatic nitrogens is 1. The average molecular weight is 379 g/mol. The van der Waals surface area contributed by atoms with Gasteiger partial charge in [0.25, 0.3) is 0 Å². The molecule has 0 spiro atoms. The minimum atomic E-state index is -0.115. The van der Waals surface area contributed by atoms with Gasteiger partial charge in [0.2, 0.25) is 5.89 Å². The molecule has 0 saturated carbocycles. The van der Waals surface area contributed by atoms with Crippen molar-refractivity contribution in [3.05, 3.63) is 77.4 Å². The van der Waals surface area contributed by atoms with Crippen molar-refractivity contribution in [2.75, 3.05) is 26.2 Å². The summed E-state index contributed by atoms with van der Waals surface area (Å²) in [5.41, 5.74) is 2.78. The number of nitrogens with zero attached hydrogens (tertiary/aromatic N) is 3. The molecular weight excluding hydrogens is 353 g/mol. The van der Waals surface area contributed by atoms with Crippen LogP contribution < -0.4 is 0 Å². The minimum Gasteiger partial charge on any atom is -0.441 e. The van der Waals surface area contributed by atoms with Crippen LogP contribution in [-0.4, -0.2) is 41.0 Å². The maximum absolute atomic E-state index is 13.9. The molecule has 3 aromatic rings. The molecule has 0 unspecified atom stereocenters. The highest BCUT2D eigenvalue weighted by Crippen LogP contribution is 2.22. The van der Waals surface area contributed by atoms with E-state index in [1.165, 1.54) is 6.07 Å². The average Bonchev–Trinajstić information content (AvgIpc) is 2.93. The maximum atomic E-state index is 13.9. The summed E-state index contributed by atoms with van der Waals surface area (Å²) in [6.45, 7) is 7.31. The normalized spacial score (nSPS) is 16.2. The lowest BCUT2D eigenvalue weighted by molar-refractivity contribution is 0.243. The standard InChI is InChI=1S/C23H26FN3O/c1-18-22(25-23(28-18)19-8-3-2-4-9-19)17-27-13-7-12-26(14-15-27)16-20-10-5-6-11-21(20)24/h2-6,8-11H,7,12-17H2,1H3. The number of halogens is 1. The van der Waals surface area contributed by atoms with Gasteiger partial charge in [-0.05, 0) is 44.6 Å². The summed E-state index contributed by atoms with van der Waals surface area (Å²) in [6.07, 6.45) is 1.07. The number of benzene rings is 2. The molecule has 1 fully saturated rings. The summed E-state index contributed by atoms with van der Waals surface area (Å²) in [7, 11) is 0. The van der Waals surface area contributed by atoms with Gasteiger partial charge in [0.05, 0.1) is 5.69 Å². The fraction of sp³-hybridized carbons (Fsp3) is 0.348. The number of hydrogen-bond donors (Lipinski definition) is 0. The fourth-order valence-electron chi connectivity index (χ4n) is 3.70. The van der Waals surface area contributed by atoms with Gasteiger partial charge in [-0.2, -0.15) is 0 Å². The Hall–Kier alpha value is -2.50. The molecule has 4 rings (SSSR count). The van der Waals surface area contributed by atoms with E-state index in [0.717, 1.165) is 61.7 Å². The van der Waals surface area contributed by atoms with Crippen molar-refractivity contribution < 1.29 is 8.81 Å². The zero-order valence-electron chi connectivity index (χ0n) is 16.3. The maximum Gasteiger partial charge on any atom is 0.226 e. The van der Waals surface area contributed by atoms with Gasteiger partial charge in [-0.25, -0.2) is 9.37 Å². The van der Waals surface area contributed by atoms with Crippen LogP contribution in [0.2, 0.25) is 0 Å². The zero-order chi connectivity index (χ0) is 19.3. The summed E-state index contributed by atoms with van der Waals surface area (Å²) in [5.74, 6) is 1.45. The largest absolute Gasteiger partial charge is 0.441 e. The highest BCUT2D eigenvalue weighted by molar-refractivity contribution is 5.53. The van der Waals surface area contributed by atoms with Crippen LogP contribution >= 0.6 is 0 Å². The molecule has 1 aliphatic heterocycles. The Kier molecular flexibility index (Phi) is 5.84. The van der Waals surface area contributed by atoms with Gasteiger partial charge in [-0.1, -0.05) is 36.4 Å². The second-order valence-electron chi connectivity index (χ2n) is 7.39. The molecule has 2 aromatic carbocycles. The second-order valence-corrected chi connectivity index (χ2v) is 7.39. The van der Waals surface area contributed by atoms with Crippen LogP contribution in [0, 0.1) is 12.7 Å². The summed E-state index contributed by atoms with van der Waals surface area (Å²) < 4.78 is 19.8. The van der Waals surface area contributed by atoms with Crippen LogP contribution in [0.25, 0.3) is 11.5 Å². The molecule has 28 heavy (non-hydrogen) atoms. The topological polar surface area (TPSA) is 32.5 Å². The predicted molar refractivity (Wildman–Crippen MR) is 108 cm³/mol. The molecule has 2 heterocycles. The van der Waals surface area contributed by atoms with Crippen LogP contribution in [0.5, 0.6) is 0 Å². The van der Waals surface area contributed by atoms with E-state index in [1.807, 2.05) is 49.4 Å². The molecule has 0 atom stereocenters. The first-order valence-electron chi connectivity index (χ1n) is 9.89. The van der Waals surface area contributed by atoms with E-state index in [0.29, 0.717) is 12.4 Å². The molecule has 0 bridgehead atoms. The van der Waals surface area contributed by atoms with Gasteiger partial charge in [0, 0.05) is 37.3 Å². The molecule has 0 aliphatic carbocycles. The van der Waals surface area contributed by atoms with Crippen molar-refractivity contribution in [3.8, 4) is 11.5 Å². The Labute approximate surface area is 165 Å². The molecule has 4 nitrogen and oxygen atoms in total. The lowest BCUT2D eigenvalue weighted by Crippen LogP contribution is -2.30. The molecule has 1 aromatic heterocycles. The lowest BCUT2D eigenvalue weighted by Gasteiger charge is -2.21. The van der Waals surface area contributed by atoms with Crippen LogP contribution in [0.3, 0.4) is 0 Å². The minimum absolute atomic E-state index is 0.115. The quantitative estimate of drug-likeness (QED) is 0.654. The molecule has 1 aliphatic rings. The smallest absolute Gasteiger partial charge is 0.226 e. The monoisotopic (exact) mass is 379 g/mol. The lowest BCUT2D eigenvalue weighted by atomic mass is 10.2. The molecule has 0 radical (unpaired) electrons. The highest BCUT2D eigenvalue weighted by Gasteiger charge is 2.19. The molecular formula is C23H26FN3O. The van der Waals surface area contributed by atoms with Crippen molar-refractivity contribution in [1.29, 1.82) is 0 Å². The Balaban J connectivity index is 1.38. The van der Waals surface area contributed by atoms with E-state index in [1.54, 1.807) is 6.07 Å². The predicted octanol–water partition coefficient (Wildman–Crippen LogP) is 4.50. The van der Waals surface area contributed by atoms with Crippen LogP contribution in [0.4, 0.5) is 4.39 Å². The van der Waals surface area contributed by atoms with E-state index >= 15 is 0 Å². The first-order chi connectivity index (χ1) is 13.7. The van der Waals surface area contributed by atoms with Crippen LogP contribution in [0.15, 0.2) is 59.0 Å². The Morgan fingerprint density at radius 2 is 1.57 bits per heavy atom. The van der Waals surface area contributed by atoms with Crippen molar-refractivity contribution in [2.45, 2.75) is 26.4 Å². The van der Waals surface area contributed by atoms with Gasteiger partial charge < -0.3 is 4.42 Å². The molecule has 146 valence electrons. The van der Waals surface area contributed by atoms with Gasteiger partial charge in [0.15, 0.2) is 0 Å². The summed E-state index contributed by atoms with van der Waals surface area (Å²) in [6, 6.07) is 17.1. The molecule has 0 amide bonds. The third-order valence-electron chi connectivity index (χ3n) is 5.32. The van der Waals surface area contributed by atoms with E-state index < -0.39 is 0 Å². The van der Waals surface area contributed by atoms with E-state index in [4.69, 9.17) is 9.40 Å². The number of aryl methyl sites for hydroxylation is 1. The first kappa shape index (κ1) is 18.8. The Morgan fingerprint density at radius 1 is 0.893 bits per heavy atom. The van der Waals surface area contributed by atoms with Gasteiger partial charge in [0.1, 0.15) is 11.6 Å². The molecule has 5 heteroatoms. The van der Waals surface area contributed by atoms with Crippen LogP contribution in [0.1, 0.15) is 23.4 Å². The van der Waals surface area contributed by atoms with Crippen molar-refractivity contribution in [3.63, 3.8) is 0 Å².